The number of benzene rings is 1. The Morgan fingerprint density at radius 1 is 1.32 bits per heavy atom. The maximum atomic E-state index is 6.12. The Kier molecular flexibility index (Phi) is 3.97. The van der Waals surface area contributed by atoms with Gasteiger partial charge in [-0.15, -0.1) is 0 Å². The van der Waals surface area contributed by atoms with E-state index in [-0.39, 0.29) is 5.54 Å². The van der Waals surface area contributed by atoms with Gasteiger partial charge in [-0.2, -0.15) is 0 Å². The highest BCUT2D eigenvalue weighted by Gasteiger charge is 2.12. The summed E-state index contributed by atoms with van der Waals surface area (Å²) < 4.78 is 5.73. The number of oxazole rings is 1. The molecule has 1 heterocycles. The van der Waals surface area contributed by atoms with E-state index < -0.39 is 0 Å². The van der Waals surface area contributed by atoms with Gasteiger partial charge in [-0.3, -0.25) is 0 Å². The molecular weight excluding hydrogens is 260 g/mol. The third kappa shape index (κ3) is 3.82. The molecule has 0 saturated heterocycles. The molecule has 2 aromatic rings. The van der Waals surface area contributed by atoms with E-state index in [4.69, 9.17) is 16.0 Å². The Hall–Kier alpha value is -1.32. The summed E-state index contributed by atoms with van der Waals surface area (Å²) in [5.74, 6) is 1.43. The van der Waals surface area contributed by atoms with Crippen molar-refractivity contribution in [2.75, 3.05) is 0 Å². The number of nitrogens with zero attached hydrogens (tertiary/aromatic N) is 1. The molecule has 1 aromatic heterocycles. The highest BCUT2D eigenvalue weighted by Crippen LogP contribution is 2.25. The quantitative estimate of drug-likeness (QED) is 0.915. The summed E-state index contributed by atoms with van der Waals surface area (Å²) in [6.07, 6.45) is 1.74. The van der Waals surface area contributed by atoms with Gasteiger partial charge >= 0.3 is 0 Å². The van der Waals surface area contributed by atoms with Crippen molar-refractivity contribution >= 4 is 11.6 Å². The second kappa shape index (κ2) is 5.35. The lowest BCUT2D eigenvalue weighted by atomic mass is 10.1. The van der Waals surface area contributed by atoms with Crippen LogP contribution >= 0.6 is 11.6 Å². The summed E-state index contributed by atoms with van der Waals surface area (Å²) in [5, 5.41) is 4.08. The van der Waals surface area contributed by atoms with Crippen molar-refractivity contribution in [3.8, 4) is 11.3 Å². The van der Waals surface area contributed by atoms with Crippen molar-refractivity contribution in [1.82, 2.24) is 10.3 Å². The topological polar surface area (TPSA) is 38.1 Å². The number of rotatable bonds is 3. The van der Waals surface area contributed by atoms with E-state index in [1.807, 2.05) is 25.1 Å². The van der Waals surface area contributed by atoms with Crippen LogP contribution in [-0.2, 0) is 6.54 Å². The van der Waals surface area contributed by atoms with Gasteiger partial charge in [0.2, 0.25) is 5.89 Å². The fourth-order valence-electron chi connectivity index (χ4n) is 1.61. The molecule has 4 heteroatoms. The van der Waals surface area contributed by atoms with Gasteiger partial charge in [-0.1, -0.05) is 23.7 Å². The molecule has 0 amide bonds. The van der Waals surface area contributed by atoms with Crippen LogP contribution in [0.5, 0.6) is 0 Å². The first-order chi connectivity index (χ1) is 8.85. The first-order valence-electron chi connectivity index (χ1n) is 6.31. The lowest BCUT2D eigenvalue weighted by Crippen LogP contribution is -2.35. The third-order valence-electron chi connectivity index (χ3n) is 2.78. The molecule has 19 heavy (non-hydrogen) atoms. The molecule has 1 N–H and O–H groups in total. The van der Waals surface area contributed by atoms with E-state index in [2.05, 4.69) is 31.1 Å². The van der Waals surface area contributed by atoms with Gasteiger partial charge < -0.3 is 9.73 Å². The van der Waals surface area contributed by atoms with Gasteiger partial charge in [-0.05, 0) is 39.3 Å². The molecule has 3 nitrogen and oxygen atoms in total. The summed E-state index contributed by atoms with van der Waals surface area (Å²) in [6.45, 7) is 8.91. The van der Waals surface area contributed by atoms with Gasteiger partial charge in [0.15, 0.2) is 5.76 Å². The first-order valence-corrected chi connectivity index (χ1v) is 6.69. The van der Waals surface area contributed by atoms with Crippen LogP contribution in [0.1, 0.15) is 32.2 Å². The normalized spacial score (nSPS) is 11.8. The standard InChI is InChI=1S/C15H19ClN2O/c1-10-5-6-11(7-12(10)16)13-8-17-14(19-13)9-18-15(2,3)4/h5-8,18H,9H2,1-4H3. The number of aromatic nitrogens is 1. The van der Waals surface area contributed by atoms with E-state index in [1.54, 1.807) is 6.20 Å². The molecule has 0 fully saturated rings. The zero-order chi connectivity index (χ0) is 14.0. The molecule has 0 aliphatic heterocycles. The lowest BCUT2D eigenvalue weighted by Gasteiger charge is -2.18. The lowest BCUT2D eigenvalue weighted by molar-refractivity contribution is 0.383. The smallest absolute Gasteiger partial charge is 0.208 e. The minimum Gasteiger partial charge on any atom is -0.439 e. The van der Waals surface area contributed by atoms with E-state index >= 15 is 0 Å². The van der Waals surface area contributed by atoms with Gasteiger partial charge in [0.05, 0.1) is 12.7 Å². The molecule has 102 valence electrons. The second-order valence-electron chi connectivity index (χ2n) is 5.69. The maximum absolute atomic E-state index is 6.12. The van der Waals surface area contributed by atoms with Crippen LogP contribution in [0.2, 0.25) is 5.02 Å². The molecule has 0 aliphatic rings. The van der Waals surface area contributed by atoms with Crippen LogP contribution in [0, 0.1) is 6.92 Å². The summed E-state index contributed by atoms with van der Waals surface area (Å²) >= 11 is 6.12. The minimum absolute atomic E-state index is 0.0435. The second-order valence-corrected chi connectivity index (χ2v) is 6.09. The average molecular weight is 279 g/mol. The molecule has 0 radical (unpaired) electrons. The zero-order valence-electron chi connectivity index (χ0n) is 11.7. The highest BCUT2D eigenvalue weighted by atomic mass is 35.5. The molecule has 1 aromatic carbocycles. The Morgan fingerprint density at radius 2 is 2.05 bits per heavy atom. The summed E-state index contributed by atoms with van der Waals surface area (Å²) in [6, 6.07) is 5.87. The molecule has 0 aliphatic carbocycles. The summed E-state index contributed by atoms with van der Waals surface area (Å²) in [7, 11) is 0. The van der Waals surface area contributed by atoms with Gasteiger partial charge in [0, 0.05) is 16.1 Å². The van der Waals surface area contributed by atoms with Crippen LogP contribution < -0.4 is 5.32 Å². The fraction of sp³-hybridized carbons (Fsp3) is 0.400. The van der Waals surface area contributed by atoms with Crippen LogP contribution in [0.25, 0.3) is 11.3 Å². The van der Waals surface area contributed by atoms with Crippen LogP contribution in [0.15, 0.2) is 28.8 Å². The number of halogens is 1. The van der Waals surface area contributed by atoms with Gasteiger partial charge in [-0.25, -0.2) is 4.98 Å². The third-order valence-corrected chi connectivity index (χ3v) is 3.19. The first kappa shape index (κ1) is 14.1. The SMILES string of the molecule is Cc1ccc(-c2cnc(CNC(C)(C)C)o2)cc1Cl. The van der Waals surface area contributed by atoms with Crippen LogP contribution in [0.3, 0.4) is 0 Å². The Bertz CT molecular complexity index is 570. The zero-order valence-corrected chi connectivity index (χ0v) is 12.5. The van der Waals surface area contributed by atoms with E-state index in [0.717, 1.165) is 21.9 Å². The monoisotopic (exact) mass is 278 g/mol. The van der Waals surface area contributed by atoms with Crippen molar-refractivity contribution in [2.24, 2.45) is 0 Å². The number of aryl methyl sites for hydroxylation is 1. The Balaban J connectivity index is 2.14. The van der Waals surface area contributed by atoms with E-state index in [1.165, 1.54) is 0 Å². The fourth-order valence-corrected chi connectivity index (χ4v) is 1.79. The Morgan fingerprint density at radius 3 is 2.68 bits per heavy atom. The molecule has 0 spiro atoms. The maximum Gasteiger partial charge on any atom is 0.208 e. The molecule has 0 atom stereocenters. The molecular formula is C15H19ClN2O. The molecule has 0 saturated carbocycles. The largest absolute Gasteiger partial charge is 0.439 e. The van der Waals surface area contributed by atoms with Crippen LogP contribution in [-0.4, -0.2) is 10.5 Å². The molecule has 0 unspecified atom stereocenters. The Labute approximate surface area is 119 Å². The summed E-state index contributed by atoms with van der Waals surface area (Å²) in [5.41, 5.74) is 2.05. The predicted octanol–water partition coefficient (Wildman–Crippen LogP) is 4.19. The van der Waals surface area contributed by atoms with Gasteiger partial charge in [0.1, 0.15) is 0 Å². The molecule has 2 rings (SSSR count). The minimum atomic E-state index is 0.0435. The predicted molar refractivity (Wildman–Crippen MR) is 78.3 cm³/mol. The van der Waals surface area contributed by atoms with Crippen molar-refractivity contribution in [2.45, 2.75) is 39.8 Å². The average Bonchev–Trinajstić information content (AvgIpc) is 2.78. The number of nitrogens with one attached hydrogen (secondary N) is 1. The summed E-state index contributed by atoms with van der Waals surface area (Å²) in [4.78, 5) is 4.28. The van der Waals surface area contributed by atoms with E-state index in [0.29, 0.717) is 12.4 Å². The molecule has 0 bridgehead atoms. The van der Waals surface area contributed by atoms with Crippen molar-refractivity contribution in [3.05, 3.63) is 40.9 Å². The number of hydrogen-bond acceptors (Lipinski definition) is 3. The number of hydrogen-bond donors (Lipinski definition) is 1. The van der Waals surface area contributed by atoms with Crippen molar-refractivity contribution < 1.29 is 4.42 Å². The highest BCUT2D eigenvalue weighted by molar-refractivity contribution is 6.31. The van der Waals surface area contributed by atoms with Crippen molar-refractivity contribution in [3.63, 3.8) is 0 Å². The van der Waals surface area contributed by atoms with Crippen molar-refractivity contribution in [1.29, 1.82) is 0 Å². The van der Waals surface area contributed by atoms with Gasteiger partial charge in [0.25, 0.3) is 0 Å². The van der Waals surface area contributed by atoms with E-state index in [9.17, 15) is 0 Å². The van der Waals surface area contributed by atoms with Crippen LogP contribution in [0.4, 0.5) is 0 Å².